The van der Waals surface area contributed by atoms with E-state index in [1.54, 1.807) is 0 Å². The van der Waals surface area contributed by atoms with E-state index in [4.69, 9.17) is 0 Å². The molecule has 0 spiro atoms. The third kappa shape index (κ3) is 2.98. The van der Waals surface area contributed by atoms with Crippen LogP contribution in [-0.4, -0.2) is 48.6 Å². The second-order valence-electron chi connectivity index (χ2n) is 6.17. The zero-order chi connectivity index (χ0) is 11.5. The molecule has 2 atom stereocenters. The van der Waals surface area contributed by atoms with Crippen LogP contribution >= 0.6 is 0 Å². The minimum Gasteiger partial charge on any atom is -0.300 e. The Hall–Kier alpha value is -0.0800. The lowest BCUT2D eigenvalue weighted by atomic mass is 9.95. The Kier molecular flexibility index (Phi) is 4.26. The number of rotatable bonds is 3. The highest BCUT2D eigenvalue weighted by Crippen LogP contribution is 2.22. The van der Waals surface area contributed by atoms with Gasteiger partial charge in [-0.1, -0.05) is 27.2 Å². The van der Waals surface area contributed by atoms with E-state index >= 15 is 0 Å². The predicted molar refractivity (Wildman–Crippen MR) is 69.7 cm³/mol. The van der Waals surface area contributed by atoms with Gasteiger partial charge in [-0.2, -0.15) is 0 Å². The van der Waals surface area contributed by atoms with Crippen molar-refractivity contribution in [3.63, 3.8) is 0 Å². The summed E-state index contributed by atoms with van der Waals surface area (Å²) in [7, 11) is 0. The molecule has 2 rings (SSSR count). The van der Waals surface area contributed by atoms with Crippen LogP contribution in [0.15, 0.2) is 0 Å². The molecule has 2 nitrogen and oxygen atoms in total. The van der Waals surface area contributed by atoms with Gasteiger partial charge >= 0.3 is 0 Å². The Morgan fingerprint density at radius 2 is 1.88 bits per heavy atom. The van der Waals surface area contributed by atoms with Gasteiger partial charge < -0.3 is 4.90 Å². The lowest BCUT2D eigenvalue weighted by molar-refractivity contribution is 0.0396. The number of hydrogen-bond donors (Lipinski definition) is 0. The van der Waals surface area contributed by atoms with E-state index in [-0.39, 0.29) is 0 Å². The lowest BCUT2D eigenvalue weighted by Crippen LogP contribution is -2.55. The van der Waals surface area contributed by atoms with Gasteiger partial charge in [0.2, 0.25) is 0 Å². The SMILES string of the molecule is CC(C)C(C)CN1CCN2CCCCC2C1. The third-order valence-electron chi connectivity index (χ3n) is 4.61. The second-order valence-corrected chi connectivity index (χ2v) is 6.17. The van der Waals surface area contributed by atoms with Crippen LogP contribution in [0.3, 0.4) is 0 Å². The molecule has 0 radical (unpaired) electrons. The van der Waals surface area contributed by atoms with E-state index in [2.05, 4.69) is 30.6 Å². The summed E-state index contributed by atoms with van der Waals surface area (Å²) in [5.41, 5.74) is 0. The molecule has 2 unspecified atom stereocenters. The van der Waals surface area contributed by atoms with Gasteiger partial charge in [-0.3, -0.25) is 4.90 Å². The van der Waals surface area contributed by atoms with Crippen molar-refractivity contribution in [2.45, 2.75) is 46.1 Å². The van der Waals surface area contributed by atoms with Gasteiger partial charge in [0, 0.05) is 32.2 Å². The van der Waals surface area contributed by atoms with E-state index in [0.29, 0.717) is 0 Å². The molecule has 0 amide bonds. The largest absolute Gasteiger partial charge is 0.300 e. The van der Waals surface area contributed by atoms with Gasteiger partial charge in [-0.05, 0) is 31.2 Å². The molecule has 2 fully saturated rings. The van der Waals surface area contributed by atoms with Crippen LogP contribution < -0.4 is 0 Å². The first kappa shape index (κ1) is 12.4. The molecule has 0 N–H and O–H groups in total. The van der Waals surface area contributed by atoms with Gasteiger partial charge in [-0.25, -0.2) is 0 Å². The first-order valence-electron chi connectivity index (χ1n) is 7.13. The van der Waals surface area contributed by atoms with Crippen molar-refractivity contribution in [1.82, 2.24) is 9.80 Å². The topological polar surface area (TPSA) is 6.48 Å². The van der Waals surface area contributed by atoms with Crippen LogP contribution in [0.25, 0.3) is 0 Å². The fourth-order valence-electron chi connectivity index (χ4n) is 3.00. The first-order chi connectivity index (χ1) is 7.66. The summed E-state index contributed by atoms with van der Waals surface area (Å²) in [4.78, 5) is 5.43. The second kappa shape index (κ2) is 5.50. The van der Waals surface area contributed by atoms with Crippen LogP contribution in [0.1, 0.15) is 40.0 Å². The van der Waals surface area contributed by atoms with Crippen molar-refractivity contribution in [2.24, 2.45) is 11.8 Å². The highest BCUT2D eigenvalue weighted by molar-refractivity contribution is 4.85. The van der Waals surface area contributed by atoms with E-state index in [1.807, 2.05) is 0 Å². The van der Waals surface area contributed by atoms with Gasteiger partial charge in [0.1, 0.15) is 0 Å². The maximum atomic E-state index is 2.72. The molecule has 0 aromatic carbocycles. The molecule has 2 heterocycles. The number of nitrogens with zero attached hydrogens (tertiary/aromatic N) is 2. The summed E-state index contributed by atoms with van der Waals surface area (Å²) in [6.45, 7) is 13.7. The maximum Gasteiger partial charge on any atom is 0.0223 e. The Morgan fingerprint density at radius 1 is 1.06 bits per heavy atom. The minimum atomic E-state index is 0.824. The van der Waals surface area contributed by atoms with Crippen molar-refractivity contribution in [1.29, 1.82) is 0 Å². The van der Waals surface area contributed by atoms with Crippen molar-refractivity contribution in [3.05, 3.63) is 0 Å². The van der Waals surface area contributed by atoms with Crippen LogP contribution in [0, 0.1) is 11.8 Å². The molecule has 2 aliphatic heterocycles. The zero-order valence-corrected chi connectivity index (χ0v) is 11.3. The van der Waals surface area contributed by atoms with E-state index in [0.717, 1.165) is 17.9 Å². The van der Waals surface area contributed by atoms with E-state index in [9.17, 15) is 0 Å². The molecular formula is C14H28N2. The lowest BCUT2D eigenvalue weighted by Gasteiger charge is -2.45. The average Bonchev–Trinajstić information content (AvgIpc) is 2.28. The van der Waals surface area contributed by atoms with Gasteiger partial charge in [0.15, 0.2) is 0 Å². The number of hydrogen-bond acceptors (Lipinski definition) is 2. The molecule has 0 bridgehead atoms. The molecule has 0 saturated carbocycles. The van der Waals surface area contributed by atoms with Crippen molar-refractivity contribution >= 4 is 0 Å². The fraction of sp³-hybridized carbons (Fsp3) is 1.00. The van der Waals surface area contributed by atoms with Crippen LogP contribution in [0.5, 0.6) is 0 Å². The van der Waals surface area contributed by atoms with Crippen molar-refractivity contribution < 1.29 is 0 Å². The minimum absolute atomic E-state index is 0.824. The molecule has 0 aliphatic carbocycles. The smallest absolute Gasteiger partial charge is 0.0223 e. The maximum absolute atomic E-state index is 2.72. The Bertz CT molecular complexity index is 215. The summed E-state index contributed by atoms with van der Waals surface area (Å²) in [5.74, 6) is 1.67. The number of piperidine rings is 1. The Labute approximate surface area is 101 Å². The predicted octanol–water partition coefficient (Wildman–Crippen LogP) is 2.45. The Balaban J connectivity index is 1.80. The highest BCUT2D eigenvalue weighted by atomic mass is 15.3. The van der Waals surface area contributed by atoms with E-state index in [1.165, 1.54) is 52.0 Å². The van der Waals surface area contributed by atoms with Crippen molar-refractivity contribution in [3.8, 4) is 0 Å². The molecule has 2 heteroatoms. The van der Waals surface area contributed by atoms with Crippen LogP contribution in [0.4, 0.5) is 0 Å². The summed E-state index contributed by atoms with van der Waals surface area (Å²) in [6, 6.07) is 0.877. The Morgan fingerprint density at radius 3 is 2.62 bits per heavy atom. The van der Waals surface area contributed by atoms with Gasteiger partial charge in [0.05, 0.1) is 0 Å². The zero-order valence-electron chi connectivity index (χ0n) is 11.3. The summed E-state index contributed by atoms with van der Waals surface area (Å²) in [5, 5.41) is 0. The first-order valence-corrected chi connectivity index (χ1v) is 7.13. The third-order valence-corrected chi connectivity index (χ3v) is 4.61. The fourth-order valence-corrected chi connectivity index (χ4v) is 3.00. The van der Waals surface area contributed by atoms with E-state index < -0.39 is 0 Å². The van der Waals surface area contributed by atoms with Gasteiger partial charge in [-0.15, -0.1) is 0 Å². The standard InChI is InChI=1S/C14H28N2/c1-12(2)13(3)10-15-8-9-16-7-5-4-6-14(16)11-15/h12-14H,4-11H2,1-3H3. The monoisotopic (exact) mass is 224 g/mol. The van der Waals surface area contributed by atoms with Gasteiger partial charge in [0.25, 0.3) is 0 Å². The van der Waals surface area contributed by atoms with Crippen molar-refractivity contribution in [2.75, 3.05) is 32.7 Å². The average molecular weight is 224 g/mol. The molecule has 0 aromatic heterocycles. The quantitative estimate of drug-likeness (QED) is 0.726. The normalized spacial score (nSPS) is 30.4. The molecule has 0 aromatic rings. The molecule has 94 valence electrons. The number of piperazine rings is 1. The summed E-state index contributed by atoms with van der Waals surface area (Å²) < 4.78 is 0. The summed E-state index contributed by atoms with van der Waals surface area (Å²) >= 11 is 0. The van der Waals surface area contributed by atoms with Crippen LogP contribution in [-0.2, 0) is 0 Å². The van der Waals surface area contributed by atoms with Crippen LogP contribution in [0.2, 0.25) is 0 Å². The molecule has 2 aliphatic rings. The molecule has 2 saturated heterocycles. The summed E-state index contributed by atoms with van der Waals surface area (Å²) in [6.07, 6.45) is 4.32. The number of fused-ring (bicyclic) bond motifs is 1. The molecule has 16 heavy (non-hydrogen) atoms. The molecular weight excluding hydrogens is 196 g/mol. The highest BCUT2D eigenvalue weighted by Gasteiger charge is 2.29.